The van der Waals surface area contributed by atoms with Gasteiger partial charge in [-0.2, -0.15) is 10.5 Å². The molecule has 3 aromatic rings. The molecule has 3 N–H and O–H groups in total. The number of ether oxygens (including phenoxy) is 3. The Hall–Kier alpha value is -4.12. The first-order valence-corrected chi connectivity index (χ1v) is 12.3. The number of amides is 1. The fourth-order valence-corrected chi connectivity index (χ4v) is 4.72. The highest BCUT2D eigenvalue weighted by molar-refractivity contribution is 7.99. The van der Waals surface area contributed by atoms with E-state index in [1.807, 2.05) is 13.0 Å². The number of carbonyl (C=O) groups excluding carboxylic acids is 1. The average Bonchev–Trinajstić information content (AvgIpc) is 2.89. The van der Waals surface area contributed by atoms with Crippen LogP contribution in [-0.4, -0.2) is 38.0 Å². The smallest absolute Gasteiger partial charge is 0.225 e. The van der Waals surface area contributed by atoms with Crippen molar-refractivity contribution in [3.63, 3.8) is 0 Å². The average molecular weight is 538 g/mol. The van der Waals surface area contributed by atoms with Gasteiger partial charge in [-0.15, -0.1) is 11.8 Å². The van der Waals surface area contributed by atoms with Crippen molar-refractivity contribution < 1.29 is 19.0 Å². The molecule has 0 saturated heterocycles. The molecule has 0 radical (unpaired) electrons. The van der Waals surface area contributed by atoms with E-state index in [4.69, 9.17) is 31.5 Å². The number of thioether (sulfide) groups is 1. The van der Waals surface area contributed by atoms with Crippen LogP contribution in [0.2, 0.25) is 5.02 Å². The van der Waals surface area contributed by atoms with Gasteiger partial charge in [0.15, 0.2) is 11.5 Å². The van der Waals surface area contributed by atoms with Gasteiger partial charge in [0.05, 0.1) is 26.9 Å². The third-order valence-electron chi connectivity index (χ3n) is 5.48. The topological polar surface area (TPSA) is 143 Å². The van der Waals surface area contributed by atoms with Gasteiger partial charge < -0.3 is 25.3 Å². The van der Waals surface area contributed by atoms with E-state index < -0.39 is 0 Å². The first-order valence-electron chi connectivity index (χ1n) is 10.9. The van der Waals surface area contributed by atoms with Gasteiger partial charge in [0.2, 0.25) is 11.7 Å². The maximum Gasteiger partial charge on any atom is 0.225 e. The van der Waals surface area contributed by atoms with E-state index in [2.05, 4.69) is 16.4 Å². The van der Waals surface area contributed by atoms with Crippen molar-refractivity contribution in [2.45, 2.75) is 18.4 Å². The van der Waals surface area contributed by atoms with E-state index in [0.29, 0.717) is 49.9 Å². The molecule has 0 saturated carbocycles. The summed E-state index contributed by atoms with van der Waals surface area (Å²) in [6.07, 6.45) is 0.141. The zero-order valence-electron chi connectivity index (χ0n) is 20.6. The van der Waals surface area contributed by atoms with Crippen LogP contribution in [0.1, 0.15) is 23.1 Å². The monoisotopic (exact) mass is 537 g/mol. The predicted molar refractivity (Wildman–Crippen MR) is 143 cm³/mol. The standard InChI is InChI=1S/C26H24ClN5O4S/c1-14-18(27)6-5-7-19(14)31-22(33)8-9-37-26-17(13-29)23(16(12-28)25(30)32-26)15-10-20(34-2)24(36-4)21(11-15)35-3/h5-7,10-11H,8-9H2,1-4H3,(H2,30,32)(H,31,33). The number of hydrogen-bond acceptors (Lipinski definition) is 9. The molecule has 1 amide bonds. The highest BCUT2D eigenvalue weighted by Crippen LogP contribution is 2.44. The Morgan fingerprint density at radius 2 is 1.76 bits per heavy atom. The third kappa shape index (κ3) is 5.83. The minimum atomic E-state index is -0.220. The van der Waals surface area contributed by atoms with Gasteiger partial charge in [0.25, 0.3) is 0 Å². The molecule has 1 heterocycles. The first-order chi connectivity index (χ1) is 17.8. The van der Waals surface area contributed by atoms with Gasteiger partial charge in [0.1, 0.15) is 28.5 Å². The predicted octanol–water partition coefficient (Wildman–Crippen LogP) is 5.18. The van der Waals surface area contributed by atoms with Gasteiger partial charge in [-0.1, -0.05) is 17.7 Å². The van der Waals surface area contributed by atoms with Crippen LogP contribution in [0, 0.1) is 29.6 Å². The summed E-state index contributed by atoms with van der Waals surface area (Å²) in [6.45, 7) is 1.82. The highest BCUT2D eigenvalue weighted by atomic mass is 35.5. The number of pyridine rings is 1. The number of hydrogen-bond donors (Lipinski definition) is 2. The molecule has 0 fully saturated rings. The van der Waals surface area contributed by atoms with E-state index >= 15 is 0 Å². The van der Waals surface area contributed by atoms with Crippen LogP contribution in [0.25, 0.3) is 11.1 Å². The summed E-state index contributed by atoms with van der Waals surface area (Å²) < 4.78 is 16.2. The molecule has 9 nitrogen and oxygen atoms in total. The number of aromatic nitrogens is 1. The fourth-order valence-electron chi connectivity index (χ4n) is 3.61. The Balaban J connectivity index is 1.95. The van der Waals surface area contributed by atoms with E-state index in [-0.39, 0.29) is 29.3 Å². The number of nitriles is 2. The van der Waals surface area contributed by atoms with Crippen LogP contribution in [0.15, 0.2) is 35.4 Å². The Morgan fingerprint density at radius 3 is 2.32 bits per heavy atom. The van der Waals surface area contributed by atoms with Gasteiger partial charge in [-0.3, -0.25) is 4.79 Å². The molecule has 0 aliphatic carbocycles. The number of nitrogen functional groups attached to an aromatic ring is 1. The Kier molecular flexibility index (Phi) is 9.07. The SMILES string of the molecule is COc1cc(-c2c(C#N)c(N)nc(SCCC(=O)Nc3cccc(Cl)c3C)c2C#N)cc(OC)c1OC. The van der Waals surface area contributed by atoms with E-state index in [9.17, 15) is 15.3 Å². The number of nitrogens with zero attached hydrogens (tertiary/aromatic N) is 3. The number of nitrogens with one attached hydrogen (secondary N) is 1. The van der Waals surface area contributed by atoms with Crippen molar-refractivity contribution in [1.29, 1.82) is 10.5 Å². The fraction of sp³-hybridized carbons (Fsp3) is 0.231. The van der Waals surface area contributed by atoms with Gasteiger partial charge >= 0.3 is 0 Å². The van der Waals surface area contributed by atoms with Crippen LogP contribution < -0.4 is 25.3 Å². The van der Waals surface area contributed by atoms with Gasteiger partial charge in [-0.05, 0) is 42.3 Å². The Labute approximate surface area is 224 Å². The van der Waals surface area contributed by atoms with Crippen LogP contribution in [0.3, 0.4) is 0 Å². The summed E-state index contributed by atoms with van der Waals surface area (Å²) in [7, 11) is 4.41. The molecule has 37 heavy (non-hydrogen) atoms. The summed E-state index contributed by atoms with van der Waals surface area (Å²) in [4.78, 5) is 16.8. The zero-order valence-corrected chi connectivity index (χ0v) is 22.2. The van der Waals surface area contributed by atoms with E-state index in [0.717, 1.165) is 5.56 Å². The molecule has 190 valence electrons. The second kappa shape index (κ2) is 12.2. The lowest BCUT2D eigenvalue weighted by Crippen LogP contribution is -2.13. The molecule has 0 aliphatic rings. The maximum atomic E-state index is 12.5. The number of halogens is 1. The minimum Gasteiger partial charge on any atom is -0.493 e. The van der Waals surface area contributed by atoms with Gasteiger partial charge in [-0.25, -0.2) is 4.98 Å². The molecule has 0 spiro atoms. The van der Waals surface area contributed by atoms with Crippen LogP contribution >= 0.6 is 23.4 Å². The Bertz CT molecular complexity index is 1410. The number of carbonyl (C=O) groups is 1. The summed E-state index contributed by atoms with van der Waals surface area (Å²) in [5, 5.41) is 23.6. The molecule has 2 aromatic carbocycles. The molecule has 11 heteroatoms. The van der Waals surface area contributed by atoms with E-state index in [1.54, 1.807) is 30.3 Å². The number of methoxy groups -OCH3 is 3. The van der Waals surface area contributed by atoms with Crippen molar-refractivity contribution in [3.8, 4) is 40.5 Å². The molecule has 0 bridgehead atoms. The second-order valence-electron chi connectivity index (χ2n) is 7.62. The summed E-state index contributed by atoms with van der Waals surface area (Å²) in [5.41, 5.74) is 8.47. The Morgan fingerprint density at radius 1 is 1.11 bits per heavy atom. The molecule has 0 atom stereocenters. The summed E-state index contributed by atoms with van der Waals surface area (Å²) >= 11 is 7.31. The van der Waals surface area contributed by atoms with Crippen molar-refractivity contribution in [2.75, 3.05) is 38.1 Å². The second-order valence-corrected chi connectivity index (χ2v) is 9.11. The minimum absolute atomic E-state index is 0.0354. The molecule has 1 aromatic heterocycles. The maximum absolute atomic E-state index is 12.5. The first kappa shape index (κ1) is 27.5. The third-order valence-corrected chi connectivity index (χ3v) is 6.87. The highest BCUT2D eigenvalue weighted by Gasteiger charge is 2.24. The van der Waals surface area contributed by atoms with Crippen LogP contribution in [0.4, 0.5) is 11.5 Å². The lowest BCUT2D eigenvalue weighted by molar-refractivity contribution is -0.115. The number of anilines is 2. The quantitative estimate of drug-likeness (QED) is 0.352. The summed E-state index contributed by atoms with van der Waals surface area (Å²) in [6, 6.07) is 12.7. The molecule has 0 unspecified atom stereocenters. The van der Waals surface area contributed by atoms with Gasteiger partial charge in [0, 0.05) is 28.4 Å². The zero-order chi connectivity index (χ0) is 27.1. The molecular weight excluding hydrogens is 514 g/mol. The largest absolute Gasteiger partial charge is 0.493 e. The normalized spacial score (nSPS) is 10.2. The van der Waals surface area contributed by atoms with Crippen molar-refractivity contribution in [1.82, 2.24) is 4.98 Å². The van der Waals surface area contributed by atoms with E-state index in [1.165, 1.54) is 33.1 Å². The van der Waals surface area contributed by atoms with Crippen molar-refractivity contribution >= 4 is 40.8 Å². The molecule has 0 aliphatic heterocycles. The van der Waals surface area contributed by atoms with Crippen LogP contribution in [-0.2, 0) is 4.79 Å². The molecule has 3 rings (SSSR count). The lowest BCUT2D eigenvalue weighted by atomic mass is 9.96. The van der Waals surface area contributed by atoms with Crippen molar-refractivity contribution in [3.05, 3.63) is 52.0 Å². The van der Waals surface area contributed by atoms with Crippen LogP contribution in [0.5, 0.6) is 17.2 Å². The lowest BCUT2D eigenvalue weighted by Gasteiger charge is -2.17. The van der Waals surface area contributed by atoms with Crippen molar-refractivity contribution in [2.24, 2.45) is 0 Å². The number of rotatable bonds is 9. The molecular formula is C26H24ClN5O4S. The number of nitrogens with two attached hydrogens (primary N) is 1. The summed E-state index contributed by atoms with van der Waals surface area (Å²) in [5.74, 6) is 1.12. The number of benzene rings is 2.